The van der Waals surface area contributed by atoms with E-state index >= 15 is 0 Å². The first-order valence-electron chi connectivity index (χ1n) is 7.38. The van der Waals surface area contributed by atoms with Crippen LogP contribution < -0.4 is 4.74 Å². The first-order chi connectivity index (χ1) is 10.3. The van der Waals surface area contributed by atoms with Crippen LogP contribution in [0.5, 0.6) is 5.75 Å². The summed E-state index contributed by atoms with van der Waals surface area (Å²) in [7, 11) is 0. The van der Waals surface area contributed by atoms with Gasteiger partial charge in [0.15, 0.2) is 0 Å². The van der Waals surface area contributed by atoms with Crippen molar-refractivity contribution >= 4 is 22.5 Å². The van der Waals surface area contributed by atoms with E-state index in [2.05, 4.69) is 22.0 Å². The number of halogens is 1. The summed E-state index contributed by atoms with van der Waals surface area (Å²) >= 11 is 6.18. The SMILES string of the molecule is Clc1ccc(OCCCN2CC=CCC2)c2ncccc12. The molecule has 3 rings (SSSR count). The van der Waals surface area contributed by atoms with Crippen LogP contribution in [0.4, 0.5) is 0 Å². The number of nitrogens with zero attached hydrogens (tertiary/aromatic N) is 2. The highest BCUT2D eigenvalue weighted by Gasteiger charge is 2.08. The van der Waals surface area contributed by atoms with Gasteiger partial charge in [-0.1, -0.05) is 23.8 Å². The van der Waals surface area contributed by atoms with E-state index in [-0.39, 0.29) is 0 Å². The van der Waals surface area contributed by atoms with Crippen molar-refractivity contribution in [3.63, 3.8) is 0 Å². The number of fused-ring (bicyclic) bond motifs is 1. The number of benzene rings is 1. The summed E-state index contributed by atoms with van der Waals surface area (Å²) in [5, 5.41) is 1.66. The number of hydrogen-bond donors (Lipinski definition) is 0. The number of ether oxygens (including phenoxy) is 1. The maximum Gasteiger partial charge on any atom is 0.145 e. The van der Waals surface area contributed by atoms with Crippen molar-refractivity contribution in [2.45, 2.75) is 12.8 Å². The van der Waals surface area contributed by atoms with E-state index in [1.165, 1.54) is 0 Å². The fourth-order valence-corrected chi connectivity index (χ4v) is 2.81. The Morgan fingerprint density at radius 2 is 2.19 bits per heavy atom. The fraction of sp³-hybridized carbons (Fsp3) is 0.353. The minimum absolute atomic E-state index is 0.702. The van der Waals surface area contributed by atoms with Crippen LogP contribution in [0.15, 0.2) is 42.6 Å². The van der Waals surface area contributed by atoms with Crippen molar-refractivity contribution in [2.24, 2.45) is 0 Å². The second-order valence-corrected chi connectivity index (χ2v) is 5.61. The van der Waals surface area contributed by atoms with Gasteiger partial charge in [0, 0.05) is 31.2 Å². The minimum Gasteiger partial charge on any atom is -0.491 e. The second kappa shape index (κ2) is 6.92. The molecule has 110 valence electrons. The summed E-state index contributed by atoms with van der Waals surface area (Å²) in [6.45, 7) is 3.99. The van der Waals surface area contributed by atoms with Gasteiger partial charge < -0.3 is 4.74 Å². The van der Waals surface area contributed by atoms with Gasteiger partial charge in [0.05, 0.1) is 11.6 Å². The molecule has 0 spiro atoms. The van der Waals surface area contributed by atoms with Gasteiger partial charge in [0.2, 0.25) is 0 Å². The van der Waals surface area contributed by atoms with Crippen molar-refractivity contribution in [1.29, 1.82) is 0 Å². The number of aromatic nitrogens is 1. The predicted octanol–water partition coefficient (Wildman–Crippen LogP) is 3.92. The van der Waals surface area contributed by atoms with Crippen LogP contribution in [0.25, 0.3) is 10.9 Å². The van der Waals surface area contributed by atoms with Gasteiger partial charge in [0.25, 0.3) is 0 Å². The van der Waals surface area contributed by atoms with Crippen LogP contribution in [0, 0.1) is 0 Å². The zero-order valence-corrected chi connectivity index (χ0v) is 12.7. The highest BCUT2D eigenvalue weighted by molar-refractivity contribution is 6.35. The maximum atomic E-state index is 6.18. The van der Waals surface area contributed by atoms with Crippen LogP contribution in [-0.4, -0.2) is 36.1 Å². The number of rotatable bonds is 5. The molecule has 1 aromatic carbocycles. The lowest BCUT2D eigenvalue weighted by molar-refractivity contribution is 0.248. The zero-order valence-electron chi connectivity index (χ0n) is 12.0. The summed E-state index contributed by atoms with van der Waals surface area (Å²) in [5.74, 6) is 0.813. The Kier molecular flexibility index (Phi) is 4.73. The van der Waals surface area contributed by atoms with Gasteiger partial charge in [0.1, 0.15) is 11.3 Å². The van der Waals surface area contributed by atoms with Crippen molar-refractivity contribution in [2.75, 3.05) is 26.2 Å². The second-order valence-electron chi connectivity index (χ2n) is 5.21. The quantitative estimate of drug-likeness (QED) is 0.618. The Labute approximate surface area is 130 Å². The third-order valence-corrected chi connectivity index (χ3v) is 4.03. The summed E-state index contributed by atoms with van der Waals surface area (Å²) in [6.07, 6.45) is 8.43. The van der Waals surface area contributed by atoms with Gasteiger partial charge in [-0.05, 0) is 37.1 Å². The van der Waals surface area contributed by atoms with E-state index in [0.29, 0.717) is 11.6 Å². The molecule has 1 aliphatic heterocycles. The van der Waals surface area contributed by atoms with E-state index in [4.69, 9.17) is 16.3 Å². The Balaban J connectivity index is 1.58. The Bertz CT molecular complexity index is 642. The van der Waals surface area contributed by atoms with Crippen molar-refractivity contribution < 1.29 is 4.74 Å². The molecular formula is C17H19ClN2O. The number of pyridine rings is 1. The Hall–Kier alpha value is -1.58. The molecule has 0 N–H and O–H groups in total. The van der Waals surface area contributed by atoms with Crippen LogP contribution in [0.1, 0.15) is 12.8 Å². The van der Waals surface area contributed by atoms with Crippen molar-refractivity contribution in [1.82, 2.24) is 9.88 Å². The molecule has 0 aliphatic carbocycles. The smallest absolute Gasteiger partial charge is 0.145 e. The lowest BCUT2D eigenvalue weighted by Crippen LogP contribution is -2.29. The van der Waals surface area contributed by atoms with Crippen molar-refractivity contribution in [3.8, 4) is 5.75 Å². The lowest BCUT2D eigenvalue weighted by Gasteiger charge is -2.22. The third kappa shape index (κ3) is 3.55. The summed E-state index contributed by atoms with van der Waals surface area (Å²) < 4.78 is 5.90. The van der Waals surface area contributed by atoms with Gasteiger partial charge in [-0.2, -0.15) is 0 Å². The molecule has 4 heteroatoms. The average Bonchev–Trinajstić information content (AvgIpc) is 2.55. The van der Waals surface area contributed by atoms with Gasteiger partial charge in [-0.3, -0.25) is 9.88 Å². The summed E-state index contributed by atoms with van der Waals surface area (Å²) in [5.41, 5.74) is 0.839. The predicted molar refractivity (Wildman–Crippen MR) is 87.1 cm³/mol. The van der Waals surface area contributed by atoms with Crippen LogP contribution in [0.3, 0.4) is 0 Å². The van der Waals surface area contributed by atoms with Crippen LogP contribution in [0.2, 0.25) is 5.02 Å². The third-order valence-electron chi connectivity index (χ3n) is 3.70. The Morgan fingerprint density at radius 1 is 1.24 bits per heavy atom. The number of hydrogen-bond acceptors (Lipinski definition) is 3. The topological polar surface area (TPSA) is 25.4 Å². The van der Waals surface area contributed by atoms with Gasteiger partial charge >= 0.3 is 0 Å². The zero-order chi connectivity index (χ0) is 14.5. The summed E-state index contributed by atoms with van der Waals surface area (Å²) in [4.78, 5) is 6.83. The molecule has 0 saturated carbocycles. The molecule has 0 saturated heterocycles. The molecule has 0 unspecified atom stereocenters. The molecular weight excluding hydrogens is 284 g/mol. The standard InChI is InChI=1S/C17H19ClN2O/c18-15-7-8-16(17-14(15)6-4-9-19-17)21-13-5-12-20-10-2-1-3-11-20/h1-2,4,6-9H,3,5,10-13H2. The molecule has 0 atom stereocenters. The monoisotopic (exact) mass is 302 g/mol. The molecule has 0 bridgehead atoms. The highest BCUT2D eigenvalue weighted by atomic mass is 35.5. The normalized spacial score (nSPS) is 15.5. The fourth-order valence-electron chi connectivity index (χ4n) is 2.59. The molecule has 1 aromatic heterocycles. The highest BCUT2D eigenvalue weighted by Crippen LogP contribution is 2.29. The van der Waals surface area contributed by atoms with Gasteiger partial charge in [-0.25, -0.2) is 0 Å². The molecule has 0 amide bonds. The maximum absolute atomic E-state index is 6.18. The molecule has 1 aliphatic rings. The van der Waals surface area contributed by atoms with Crippen LogP contribution >= 0.6 is 11.6 Å². The largest absolute Gasteiger partial charge is 0.491 e. The lowest BCUT2D eigenvalue weighted by atomic mass is 10.2. The van der Waals surface area contributed by atoms with Crippen molar-refractivity contribution in [3.05, 3.63) is 47.6 Å². The molecule has 3 nitrogen and oxygen atoms in total. The van der Waals surface area contributed by atoms with Gasteiger partial charge in [-0.15, -0.1) is 0 Å². The molecule has 21 heavy (non-hydrogen) atoms. The molecule has 2 heterocycles. The van der Waals surface area contributed by atoms with E-state index in [1.54, 1.807) is 6.20 Å². The minimum atomic E-state index is 0.702. The van der Waals surface area contributed by atoms with E-state index in [0.717, 1.165) is 49.1 Å². The van der Waals surface area contributed by atoms with E-state index < -0.39 is 0 Å². The Morgan fingerprint density at radius 3 is 3.05 bits per heavy atom. The average molecular weight is 303 g/mol. The molecule has 0 radical (unpaired) electrons. The molecule has 2 aromatic rings. The first-order valence-corrected chi connectivity index (χ1v) is 7.76. The molecule has 0 fully saturated rings. The van der Waals surface area contributed by atoms with E-state index in [1.807, 2.05) is 24.3 Å². The summed E-state index contributed by atoms with van der Waals surface area (Å²) in [6, 6.07) is 7.64. The van der Waals surface area contributed by atoms with Crippen LogP contribution in [-0.2, 0) is 0 Å². The van der Waals surface area contributed by atoms with E-state index in [9.17, 15) is 0 Å². The first kappa shape index (κ1) is 14.4.